The van der Waals surface area contributed by atoms with Crippen molar-refractivity contribution < 1.29 is 9.59 Å². The van der Waals surface area contributed by atoms with Gasteiger partial charge in [-0.15, -0.1) is 0 Å². The smallest absolute Gasteiger partial charge is 0.269 e. The lowest BCUT2D eigenvalue weighted by molar-refractivity contribution is -0.118. The van der Waals surface area contributed by atoms with Gasteiger partial charge in [-0.3, -0.25) is 14.7 Å². The van der Waals surface area contributed by atoms with E-state index in [1.165, 1.54) is 0 Å². The molecule has 2 aromatic heterocycles. The number of halogens is 1. The first-order chi connectivity index (χ1) is 12.5. The van der Waals surface area contributed by atoms with Crippen LogP contribution in [0, 0.1) is 5.92 Å². The fourth-order valence-electron chi connectivity index (χ4n) is 2.74. The van der Waals surface area contributed by atoms with Crippen LogP contribution in [0.5, 0.6) is 0 Å². The summed E-state index contributed by atoms with van der Waals surface area (Å²) in [4.78, 5) is 28.4. The molecular weight excluding hydrogens is 398 g/mol. The summed E-state index contributed by atoms with van der Waals surface area (Å²) >= 11 is 3.47. The third kappa shape index (κ3) is 3.96. The third-order valence-corrected chi connectivity index (χ3v) is 4.78. The molecule has 0 radical (unpaired) electrons. The second-order valence-corrected chi connectivity index (χ2v) is 7.27. The topological polar surface area (TPSA) is 103 Å². The van der Waals surface area contributed by atoms with Crippen LogP contribution in [-0.2, 0) is 4.79 Å². The van der Waals surface area contributed by atoms with E-state index in [1.54, 1.807) is 12.3 Å². The number of nitrogens with zero attached hydrogens (tertiary/aromatic N) is 1. The Kier molecular flexibility index (Phi) is 5.41. The molecule has 7 nitrogen and oxygen atoms in total. The lowest BCUT2D eigenvalue weighted by Gasteiger charge is -2.19. The maximum atomic E-state index is 12.8. The zero-order chi connectivity index (χ0) is 18.7. The molecule has 0 aliphatic carbocycles. The zero-order valence-electron chi connectivity index (χ0n) is 14.5. The fourth-order valence-corrected chi connectivity index (χ4v) is 3.37. The van der Waals surface area contributed by atoms with Crippen LogP contribution in [0.3, 0.4) is 0 Å². The molecule has 1 atom stereocenters. The van der Waals surface area contributed by atoms with E-state index in [-0.39, 0.29) is 17.7 Å². The summed E-state index contributed by atoms with van der Waals surface area (Å²) in [5, 5.41) is 13.0. The van der Waals surface area contributed by atoms with E-state index in [9.17, 15) is 9.59 Å². The van der Waals surface area contributed by atoms with Gasteiger partial charge in [0.15, 0.2) is 0 Å². The fraction of sp³-hybridized carbons (Fsp3) is 0.278. The number of H-pyrrole nitrogens is 2. The van der Waals surface area contributed by atoms with Crippen molar-refractivity contribution >= 4 is 44.5 Å². The molecule has 0 saturated carbocycles. The Labute approximate surface area is 159 Å². The van der Waals surface area contributed by atoms with Gasteiger partial charge in [0, 0.05) is 17.0 Å². The highest BCUT2D eigenvalue weighted by molar-refractivity contribution is 9.10. The van der Waals surface area contributed by atoms with Gasteiger partial charge in [-0.25, -0.2) is 0 Å². The Morgan fingerprint density at radius 3 is 2.65 bits per heavy atom. The second kappa shape index (κ2) is 7.74. The molecule has 0 aliphatic heterocycles. The predicted molar refractivity (Wildman–Crippen MR) is 104 cm³/mol. The van der Waals surface area contributed by atoms with Crippen molar-refractivity contribution in [2.75, 3.05) is 5.32 Å². The van der Waals surface area contributed by atoms with Crippen LogP contribution in [0.15, 0.2) is 41.0 Å². The van der Waals surface area contributed by atoms with Gasteiger partial charge in [0.2, 0.25) is 5.91 Å². The normalized spacial score (nSPS) is 12.3. The number of aromatic nitrogens is 3. The Hall–Kier alpha value is -2.61. The molecule has 0 spiro atoms. The number of anilines is 1. The number of hydrogen-bond donors (Lipinski definition) is 4. The first-order valence-corrected chi connectivity index (χ1v) is 9.12. The maximum Gasteiger partial charge on any atom is 0.269 e. The molecule has 136 valence electrons. The molecule has 8 heteroatoms. The van der Waals surface area contributed by atoms with Gasteiger partial charge in [0.1, 0.15) is 17.6 Å². The molecule has 1 unspecified atom stereocenters. The number of aromatic amines is 2. The van der Waals surface area contributed by atoms with E-state index in [1.807, 2.05) is 38.1 Å². The molecule has 0 fully saturated rings. The van der Waals surface area contributed by atoms with Crippen molar-refractivity contribution in [3.63, 3.8) is 0 Å². The number of amides is 2. The minimum absolute atomic E-state index is 0.235. The number of carbonyl (C=O) groups is 2. The number of para-hydroxylation sites is 1. The van der Waals surface area contributed by atoms with E-state index in [0.29, 0.717) is 22.4 Å². The number of benzene rings is 1. The van der Waals surface area contributed by atoms with Gasteiger partial charge >= 0.3 is 0 Å². The molecule has 2 heterocycles. The average molecular weight is 418 g/mol. The van der Waals surface area contributed by atoms with Crippen LogP contribution in [0.1, 0.15) is 30.8 Å². The first kappa shape index (κ1) is 18.2. The number of rotatable bonds is 6. The summed E-state index contributed by atoms with van der Waals surface area (Å²) in [5.41, 5.74) is 1.25. The summed E-state index contributed by atoms with van der Waals surface area (Å²) in [6.45, 7) is 4.00. The summed E-state index contributed by atoms with van der Waals surface area (Å²) in [6.07, 6.45) is 2.07. The van der Waals surface area contributed by atoms with Crippen LogP contribution in [0.2, 0.25) is 0 Å². The van der Waals surface area contributed by atoms with E-state index in [2.05, 4.69) is 41.7 Å². The zero-order valence-corrected chi connectivity index (χ0v) is 16.1. The summed E-state index contributed by atoms with van der Waals surface area (Å²) in [5.74, 6) is 0.103. The summed E-state index contributed by atoms with van der Waals surface area (Å²) < 4.78 is 0.683. The number of nitrogens with one attached hydrogen (secondary N) is 4. The number of fused-ring (bicyclic) bond motifs is 1. The van der Waals surface area contributed by atoms with E-state index in [4.69, 9.17) is 0 Å². The highest BCUT2D eigenvalue weighted by Crippen LogP contribution is 2.27. The van der Waals surface area contributed by atoms with E-state index >= 15 is 0 Å². The number of hydrogen-bond acceptors (Lipinski definition) is 3. The Morgan fingerprint density at radius 2 is 2.00 bits per heavy atom. The van der Waals surface area contributed by atoms with Crippen molar-refractivity contribution in [1.29, 1.82) is 0 Å². The van der Waals surface area contributed by atoms with Gasteiger partial charge in [0.25, 0.3) is 5.91 Å². The molecule has 0 aliphatic rings. The molecule has 3 aromatic rings. The summed E-state index contributed by atoms with van der Waals surface area (Å²) in [6, 6.07) is 8.61. The Bertz CT molecular complexity index is 917. The highest BCUT2D eigenvalue weighted by Gasteiger charge is 2.25. The van der Waals surface area contributed by atoms with Crippen LogP contribution >= 0.6 is 15.9 Å². The molecule has 3 rings (SSSR count). The SMILES string of the molecule is CC(C)CC(NC(=O)c1[nH]c2ccccc2c1Br)C(=O)Nc1ccn[nH]1. The molecular formula is C18H20BrN5O2. The van der Waals surface area contributed by atoms with Gasteiger partial charge < -0.3 is 15.6 Å². The van der Waals surface area contributed by atoms with E-state index in [0.717, 1.165) is 10.9 Å². The van der Waals surface area contributed by atoms with Crippen molar-refractivity contribution in [3.8, 4) is 0 Å². The average Bonchev–Trinajstić information content (AvgIpc) is 3.22. The third-order valence-electron chi connectivity index (χ3n) is 3.96. The quantitative estimate of drug-likeness (QED) is 0.493. The maximum absolute atomic E-state index is 12.8. The molecule has 4 N–H and O–H groups in total. The second-order valence-electron chi connectivity index (χ2n) is 6.47. The predicted octanol–water partition coefficient (Wildman–Crippen LogP) is 3.44. The lowest BCUT2D eigenvalue weighted by atomic mass is 10.0. The molecule has 0 bridgehead atoms. The Balaban J connectivity index is 1.79. The lowest BCUT2D eigenvalue weighted by Crippen LogP contribution is -2.44. The summed E-state index contributed by atoms with van der Waals surface area (Å²) in [7, 11) is 0. The number of carbonyl (C=O) groups excluding carboxylic acids is 2. The molecule has 1 aromatic carbocycles. The molecule has 2 amide bonds. The van der Waals surface area contributed by atoms with Crippen molar-refractivity contribution in [2.24, 2.45) is 5.92 Å². The van der Waals surface area contributed by atoms with E-state index < -0.39 is 6.04 Å². The van der Waals surface area contributed by atoms with Gasteiger partial charge in [-0.2, -0.15) is 5.10 Å². The minimum atomic E-state index is -0.663. The van der Waals surface area contributed by atoms with Gasteiger partial charge in [-0.1, -0.05) is 32.0 Å². The largest absolute Gasteiger partial charge is 0.350 e. The van der Waals surface area contributed by atoms with Gasteiger partial charge in [0.05, 0.1) is 10.7 Å². The standard InChI is InChI=1S/C18H20BrN5O2/c1-10(2)9-13(17(25)23-14-7-8-20-24-14)22-18(26)16-15(19)11-5-3-4-6-12(11)21-16/h3-8,10,13,21H,9H2,1-2H3,(H,22,26)(H2,20,23,24,25). The highest BCUT2D eigenvalue weighted by atomic mass is 79.9. The Morgan fingerprint density at radius 1 is 1.23 bits per heavy atom. The first-order valence-electron chi connectivity index (χ1n) is 8.33. The van der Waals surface area contributed by atoms with Crippen molar-refractivity contribution in [1.82, 2.24) is 20.5 Å². The monoisotopic (exact) mass is 417 g/mol. The van der Waals surface area contributed by atoms with Crippen molar-refractivity contribution in [3.05, 3.63) is 46.7 Å². The van der Waals surface area contributed by atoms with Gasteiger partial charge in [-0.05, 0) is 34.3 Å². The van der Waals surface area contributed by atoms with Crippen LogP contribution < -0.4 is 10.6 Å². The molecule has 26 heavy (non-hydrogen) atoms. The molecule has 0 saturated heterocycles. The van der Waals surface area contributed by atoms with Crippen LogP contribution in [0.25, 0.3) is 10.9 Å². The van der Waals surface area contributed by atoms with Crippen LogP contribution in [0.4, 0.5) is 5.82 Å². The van der Waals surface area contributed by atoms with Crippen LogP contribution in [-0.4, -0.2) is 33.0 Å². The minimum Gasteiger partial charge on any atom is -0.350 e. The van der Waals surface area contributed by atoms with Crippen molar-refractivity contribution in [2.45, 2.75) is 26.3 Å².